The third-order valence-electron chi connectivity index (χ3n) is 5.33. The Bertz CT molecular complexity index is 979. The van der Waals surface area contributed by atoms with Crippen LogP contribution in [0.2, 0.25) is 0 Å². The molecule has 7 heteroatoms. The van der Waals surface area contributed by atoms with Gasteiger partial charge < -0.3 is 24.8 Å². The van der Waals surface area contributed by atoms with Gasteiger partial charge in [-0.1, -0.05) is 30.3 Å². The molecule has 1 aliphatic heterocycles. The number of hydrogen-bond acceptors (Lipinski definition) is 5. The van der Waals surface area contributed by atoms with E-state index >= 15 is 0 Å². The lowest BCUT2D eigenvalue weighted by Crippen LogP contribution is -2.46. The second kappa shape index (κ2) is 8.75. The van der Waals surface area contributed by atoms with Crippen molar-refractivity contribution in [2.45, 2.75) is 31.9 Å². The van der Waals surface area contributed by atoms with E-state index in [4.69, 9.17) is 26.4 Å². The third-order valence-corrected chi connectivity index (χ3v) is 5.55. The van der Waals surface area contributed by atoms with Crippen molar-refractivity contribution in [2.24, 2.45) is 0 Å². The van der Waals surface area contributed by atoms with Crippen molar-refractivity contribution in [3.05, 3.63) is 64.9 Å². The predicted octanol–water partition coefficient (Wildman–Crippen LogP) is 3.81. The second-order valence-electron chi connectivity index (χ2n) is 7.23. The van der Waals surface area contributed by atoms with E-state index in [0.717, 1.165) is 35.2 Å². The molecule has 0 amide bonds. The zero-order chi connectivity index (χ0) is 21.1. The fraction of sp³-hybridized carbons (Fsp3) is 0.304. The van der Waals surface area contributed by atoms with Crippen molar-refractivity contribution in [1.82, 2.24) is 10.6 Å². The van der Waals surface area contributed by atoms with Gasteiger partial charge in [0.1, 0.15) is 6.61 Å². The topological polar surface area (TPSA) is 68.8 Å². The van der Waals surface area contributed by atoms with Gasteiger partial charge in [0.05, 0.1) is 20.3 Å². The lowest BCUT2D eigenvalue weighted by Gasteiger charge is -2.34. The summed E-state index contributed by atoms with van der Waals surface area (Å²) in [5.74, 6) is 1.73. The fourth-order valence-electron chi connectivity index (χ4n) is 3.89. The zero-order valence-electron chi connectivity index (χ0n) is 17.0. The van der Waals surface area contributed by atoms with Gasteiger partial charge in [0.15, 0.2) is 22.4 Å². The quantitative estimate of drug-likeness (QED) is 0.684. The van der Waals surface area contributed by atoms with Crippen LogP contribution in [0.5, 0.6) is 17.2 Å². The van der Waals surface area contributed by atoms with Crippen molar-refractivity contribution in [3.8, 4) is 17.2 Å². The van der Waals surface area contributed by atoms with Crippen molar-refractivity contribution in [1.29, 1.82) is 0 Å². The molecule has 0 spiro atoms. The Morgan fingerprint density at radius 1 is 1.07 bits per heavy atom. The highest BCUT2D eigenvalue weighted by Crippen LogP contribution is 2.43. The number of ether oxygens (including phenoxy) is 3. The summed E-state index contributed by atoms with van der Waals surface area (Å²) in [6.45, 7) is 0.385. The number of allylic oxidation sites excluding steroid dienone is 1. The minimum absolute atomic E-state index is 0.131. The normalized spacial score (nSPS) is 18.3. The highest BCUT2D eigenvalue weighted by molar-refractivity contribution is 7.80. The second-order valence-corrected chi connectivity index (χ2v) is 7.64. The van der Waals surface area contributed by atoms with Crippen LogP contribution < -0.4 is 24.8 Å². The van der Waals surface area contributed by atoms with Crippen molar-refractivity contribution >= 4 is 23.1 Å². The maximum absolute atomic E-state index is 12.7. The van der Waals surface area contributed by atoms with Crippen LogP contribution in [0.15, 0.2) is 53.7 Å². The number of thiocarbonyl (C=S) groups is 1. The van der Waals surface area contributed by atoms with Crippen LogP contribution in [0.4, 0.5) is 0 Å². The maximum Gasteiger partial charge on any atom is 0.203 e. The first-order valence-electron chi connectivity index (χ1n) is 9.87. The number of benzene rings is 2. The van der Waals surface area contributed by atoms with Crippen LogP contribution >= 0.6 is 12.2 Å². The first kappa shape index (κ1) is 20.2. The number of carbonyl (C=O) groups excluding carboxylic acids is 1. The lowest BCUT2D eigenvalue weighted by atomic mass is 9.85. The average Bonchev–Trinajstić information content (AvgIpc) is 2.77. The van der Waals surface area contributed by atoms with Gasteiger partial charge in [-0.2, -0.15) is 0 Å². The van der Waals surface area contributed by atoms with E-state index in [2.05, 4.69) is 10.6 Å². The van der Waals surface area contributed by atoms with E-state index in [1.807, 2.05) is 42.5 Å². The Hall–Kier alpha value is -3.06. The number of methoxy groups -OCH3 is 2. The summed E-state index contributed by atoms with van der Waals surface area (Å²) in [4.78, 5) is 12.7. The Morgan fingerprint density at radius 2 is 1.77 bits per heavy atom. The van der Waals surface area contributed by atoms with Gasteiger partial charge >= 0.3 is 0 Å². The fourth-order valence-corrected chi connectivity index (χ4v) is 4.13. The third kappa shape index (κ3) is 3.98. The monoisotopic (exact) mass is 424 g/mol. The summed E-state index contributed by atoms with van der Waals surface area (Å²) in [7, 11) is 3.18. The molecule has 1 aliphatic carbocycles. The SMILES string of the molecule is COc1cc(C2NC(=S)NC3=C2C(=O)CCC3)cc(OC)c1OCc1ccccc1. The number of carbonyl (C=O) groups is 1. The Kier molecular flexibility index (Phi) is 5.90. The molecule has 4 rings (SSSR count). The van der Waals surface area contributed by atoms with E-state index in [-0.39, 0.29) is 11.8 Å². The number of nitrogens with one attached hydrogen (secondary N) is 2. The first-order valence-corrected chi connectivity index (χ1v) is 10.3. The molecule has 0 saturated heterocycles. The molecule has 0 saturated carbocycles. The Balaban J connectivity index is 1.71. The molecule has 0 radical (unpaired) electrons. The van der Waals surface area contributed by atoms with Gasteiger partial charge in [-0.25, -0.2) is 0 Å². The summed E-state index contributed by atoms with van der Waals surface area (Å²) in [5, 5.41) is 6.89. The molecular weight excluding hydrogens is 400 g/mol. The highest BCUT2D eigenvalue weighted by atomic mass is 32.1. The molecule has 1 unspecified atom stereocenters. The minimum atomic E-state index is -0.354. The molecule has 156 valence electrons. The molecule has 0 bridgehead atoms. The lowest BCUT2D eigenvalue weighted by molar-refractivity contribution is -0.116. The first-order chi connectivity index (χ1) is 14.6. The maximum atomic E-state index is 12.7. The standard InChI is InChI=1S/C23H24N2O4S/c1-27-18-11-15(21-20-16(24-23(30)25-21)9-6-10-17(20)26)12-19(28-2)22(18)29-13-14-7-4-3-5-8-14/h3-5,7-8,11-12,21H,6,9-10,13H2,1-2H3,(H2,24,25,30). The average molecular weight is 425 g/mol. The summed E-state index contributed by atoms with van der Waals surface area (Å²) in [6, 6.07) is 13.3. The van der Waals surface area contributed by atoms with Crippen LogP contribution in [0.25, 0.3) is 0 Å². The van der Waals surface area contributed by atoms with Gasteiger partial charge in [-0.05, 0) is 48.3 Å². The van der Waals surface area contributed by atoms with E-state index in [0.29, 0.717) is 35.4 Å². The van der Waals surface area contributed by atoms with Gasteiger partial charge in [0.25, 0.3) is 0 Å². The summed E-state index contributed by atoms with van der Waals surface area (Å²) in [5.41, 5.74) is 3.51. The van der Waals surface area contributed by atoms with Gasteiger partial charge in [-0.15, -0.1) is 0 Å². The molecule has 2 aliphatic rings. The molecule has 2 aromatic rings. The molecule has 2 N–H and O–H groups in total. The Morgan fingerprint density at radius 3 is 2.43 bits per heavy atom. The molecule has 2 aromatic carbocycles. The van der Waals surface area contributed by atoms with E-state index in [1.54, 1.807) is 14.2 Å². The molecule has 1 atom stereocenters. The predicted molar refractivity (Wildman–Crippen MR) is 118 cm³/mol. The van der Waals surface area contributed by atoms with Crippen LogP contribution in [-0.4, -0.2) is 25.1 Å². The number of rotatable bonds is 6. The van der Waals surface area contributed by atoms with Crippen molar-refractivity contribution in [2.75, 3.05) is 14.2 Å². The van der Waals surface area contributed by atoms with Crippen LogP contribution in [-0.2, 0) is 11.4 Å². The smallest absolute Gasteiger partial charge is 0.203 e. The number of Topliss-reactive ketones (excluding diaryl/α,β-unsaturated/α-hetero) is 1. The molecule has 1 heterocycles. The number of hydrogen-bond donors (Lipinski definition) is 2. The number of ketones is 1. The van der Waals surface area contributed by atoms with Gasteiger partial charge in [0, 0.05) is 17.7 Å². The Labute approximate surface area is 181 Å². The zero-order valence-corrected chi connectivity index (χ0v) is 17.8. The minimum Gasteiger partial charge on any atom is -0.493 e. The summed E-state index contributed by atoms with van der Waals surface area (Å²) in [6.07, 6.45) is 2.18. The van der Waals surface area contributed by atoms with Crippen molar-refractivity contribution in [3.63, 3.8) is 0 Å². The van der Waals surface area contributed by atoms with Gasteiger partial charge in [-0.3, -0.25) is 4.79 Å². The molecular formula is C23H24N2O4S. The van der Waals surface area contributed by atoms with Crippen molar-refractivity contribution < 1.29 is 19.0 Å². The molecule has 0 aromatic heterocycles. The van der Waals surface area contributed by atoms with Crippen LogP contribution in [0, 0.1) is 0 Å². The van der Waals surface area contributed by atoms with Crippen LogP contribution in [0.3, 0.4) is 0 Å². The largest absolute Gasteiger partial charge is 0.493 e. The molecule has 0 fully saturated rings. The highest BCUT2D eigenvalue weighted by Gasteiger charge is 2.34. The molecule has 6 nitrogen and oxygen atoms in total. The molecule has 30 heavy (non-hydrogen) atoms. The van der Waals surface area contributed by atoms with Crippen LogP contribution in [0.1, 0.15) is 36.4 Å². The van der Waals surface area contributed by atoms with E-state index in [9.17, 15) is 4.79 Å². The van der Waals surface area contributed by atoms with E-state index in [1.165, 1.54) is 0 Å². The van der Waals surface area contributed by atoms with Gasteiger partial charge in [0.2, 0.25) is 5.75 Å². The summed E-state index contributed by atoms with van der Waals surface area (Å²) < 4.78 is 17.3. The summed E-state index contributed by atoms with van der Waals surface area (Å²) >= 11 is 5.38. The van der Waals surface area contributed by atoms with E-state index < -0.39 is 0 Å².